The molecule has 34 heavy (non-hydrogen) atoms. The van der Waals surface area contributed by atoms with Crippen molar-refractivity contribution in [1.82, 2.24) is 14.1 Å². The van der Waals surface area contributed by atoms with Gasteiger partial charge in [-0.1, -0.05) is 29.8 Å². The van der Waals surface area contributed by atoms with Crippen molar-refractivity contribution in [3.8, 4) is 0 Å². The van der Waals surface area contributed by atoms with Gasteiger partial charge in [-0.25, -0.2) is 12.7 Å². The lowest BCUT2D eigenvalue weighted by Gasteiger charge is -2.36. The van der Waals surface area contributed by atoms with E-state index in [0.29, 0.717) is 18.7 Å². The van der Waals surface area contributed by atoms with Crippen LogP contribution in [0.5, 0.6) is 0 Å². The summed E-state index contributed by atoms with van der Waals surface area (Å²) >= 11 is 0. The van der Waals surface area contributed by atoms with Crippen LogP contribution in [-0.2, 0) is 16.6 Å². The van der Waals surface area contributed by atoms with Crippen LogP contribution in [0.1, 0.15) is 40.7 Å². The number of rotatable bonds is 6. The maximum absolute atomic E-state index is 13.7. The van der Waals surface area contributed by atoms with Crippen LogP contribution in [0, 0.1) is 6.92 Å². The van der Waals surface area contributed by atoms with Gasteiger partial charge in [-0.2, -0.15) is 0 Å². The molecule has 0 spiro atoms. The Balaban J connectivity index is 1.54. The Bertz CT molecular complexity index is 1120. The summed E-state index contributed by atoms with van der Waals surface area (Å²) in [5.41, 5.74) is 3.89. The molecule has 2 aromatic rings. The normalized spacial score (nSPS) is 17.9. The number of carbonyl (C=O) groups excluding carboxylic acids is 1. The fourth-order valence-corrected chi connectivity index (χ4v) is 5.74. The minimum atomic E-state index is -3.62. The van der Waals surface area contributed by atoms with Crippen molar-refractivity contribution >= 4 is 21.6 Å². The van der Waals surface area contributed by atoms with E-state index in [2.05, 4.69) is 41.0 Å². The lowest BCUT2D eigenvalue weighted by Crippen LogP contribution is -2.48. The Morgan fingerprint density at radius 3 is 2.26 bits per heavy atom. The fraction of sp³-hybridized carbons (Fsp3) is 0.500. The third kappa shape index (κ3) is 5.45. The van der Waals surface area contributed by atoms with Gasteiger partial charge in [0, 0.05) is 65.6 Å². The largest absolute Gasteiger partial charge is 0.371 e. The number of carbonyl (C=O) groups is 1. The first-order valence-electron chi connectivity index (χ1n) is 12.1. The quantitative estimate of drug-likeness (QED) is 0.630. The molecule has 2 saturated heterocycles. The first-order chi connectivity index (χ1) is 16.3. The zero-order valence-corrected chi connectivity index (χ0v) is 21.4. The third-order valence-corrected chi connectivity index (χ3v) is 8.63. The van der Waals surface area contributed by atoms with E-state index in [1.807, 2.05) is 11.0 Å². The molecule has 2 heterocycles. The van der Waals surface area contributed by atoms with Crippen LogP contribution in [0.2, 0.25) is 0 Å². The van der Waals surface area contributed by atoms with Crippen molar-refractivity contribution in [2.24, 2.45) is 0 Å². The highest BCUT2D eigenvalue weighted by Crippen LogP contribution is 2.29. The van der Waals surface area contributed by atoms with Gasteiger partial charge < -0.3 is 9.80 Å². The number of anilines is 1. The molecule has 4 rings (SSSR count). The zero-order valence-electron chi connectivity index (χ0n) is 20.5. The molecular weight excluding hydrogens is 448 g/mol. The van der Waals surface area contributed by atoms with E-state index < -0.39 is 10.0 Å². The van der Waals surface area contributed by atoms with Crippen molar-refractivity contribution in [3.05, 3.63) is 59.2 Å². The summed E-state index contributed by atoms with van der Waals surface area (Å²) in [5.74, 6) is -0.0772. The molecule has 2 aliphatic heterocycles. The number of nitrogens with zero attached hydrogens (tertiary/aromatic N) is 4. The minimum absolute atomic E-state index is 0.0772. The predicted molar refractivity (Wildman–Crippen MR) is 136 cm³/mol. The third-order valence-electron chi connectivity index (χ3n) is 6.82. The highest BCUT2D eigenvalue weighted by Gasteiger charge is 2.28. The standard InChI is InChI=1S/C26H36N4O3S/c1-21-8-7-9-22(18-21)20-28-14-16-30(17-15-28)26(31)24-19-23(34(32,33)27(2)3)10-11-25(24)29-12-5-4-6-13-29/h7-11,18-19H,4-6,12-17,20H2,1-3H3. The van der Waals surface area contributed by atoms with Crippen LogP contribution in [0.15, 0.2) is 47.4 Å². The van der Waals surface area contributed by atoms with E-state index in [1.165, 1.54) is 35.9 Å². The van der Waals surface area contributed by atoms with Crippen LogP contribution in [0.3, 0.4) is 0 Å². The zero-order chi connectivity index (χ0) is 24.3. The molecule has 7 nitrogen and oxygen atoms in total. The highest BCUT2D eigenvalue weighted by atomic mass is 32.2. The van der Waals surface area contributed by atoms with Gasteiger partial charge in [-0.15, -0.1) is 0 Å². The summed E-state index contributed by atoms with van der Waals surface area (Å²) in [7, 11) is -0.589. The monoisotopic (exact) mass is 484 g/mol. The fourth-order valence-electron chi connectivity index (χ4n) is 4.82. The molecule has 2 fully saturated rings. The number of amides is 1. The number of aryl methyl sites for hydroxylation is 1. The highest BCUT2D eigenvalue weighted by molar-refractivity contribution is 7.89. The van der Waals surface area contributed by atoms with Crippen LogP contribution in [0.4, 0.5) is 5.69 Å². The number of piperazine rings is 1. The van der Waals surface area contributed by atoms with E-state index in [0.717, 1.165) is 51.3 Å². The molecule has 184 valence electrons. The molecule has 0 saturated carbocycles. The number of piperidine rings is 1. The Morgan fingerprint density at radius 1 is 0.912 bits per heavy atom. The smallest absolute Gasteiger partial charge is 0.256 e. The van der Waals surface area contributed by atoms with Crippen molar-refractivity contribution in [3.63, 3.8) is 0 Å². The topological polar surface area (TPSA) is 64.2 Å². The Hall–Kier alpha value is -2.42. The second-order valence-electron chi connectivity index (χ2n) is 9.57. The average Bonchev–Trinajstić information content (AvgIpc) is 2.84. The van der Waals surface area contributed by atoms with E-state index in [9.17, 15) is 13.2 Å². The van der Waals surface area contributed by atoms with Gasteiger partial charge >= 0.3 is 0 Å². The van der Waals surface area contributed by atoms with E-state index >= 15 is 0 Å². The molecule has 2 aromatic carbocycles. The summed E-state index contributed by atoms with van der Waals surface area (Å²) in [6, 6.07) is 13.6. The maximum atomic E-state index is 13.7. The molecule has 0 bridgehead atoms. The van der Waals surface area contributed by atoms with Crippen molar-refractivity contribution in [1.29, 1.82) is 0 Å². The van der Waals surface area contributed by atoms with Gasteiger partial charge in [0.15, 0.2) is 0 Å². The Labute approximate surface area is 204 Å². The summed E-state index contributed by atoms with van der Waals surface area (Å²) in [6.45, 7) is 7.63. The first-order valence-corrected chi connectivity index (χ1v) is 13.6. The predicted octanol–water partition coefficient (Wildman–Crippen LogP) is 3.19. The van der Waals surface area contributed by atoms with Gasteiger partial charge in [-0.05, 0) is 49.9 Å². The Morgan fingerprint density at radius 2 is 1.62 bits per heavy atom. The molecule has 0 radical (unpaired) electrons. The van der Waals surface area contributed by atoms with Gasteiger partial charge in [0.2, 0.25) is 10.0 Å². The van der Waals surface area contributed by atoms with Gasteiger partial charge in [0.25, 0.3) is 5.91 Å². The number of hydrogen-bond acceptors (Lipinski definition) is 5. The van der Waals surface area contributed by atoms with Crippen LogP contribution >= 0.6 is 0 Å². The summed E-state index contributed by atoms with van der Waals surface area (Å²) in [4.78, 5) is 20.3. The van der Waals surface area contributed by atoms with Gasteiger partial charge in [0.05, 0.1) is 10.5 Å². The number of benzene rings is 2. The van der Waals surface area contributed by atoms with Crippen LogP contribution < -0.4 is 4.90 Å². The average molecular weight is 485 g/mol. The molecular formula is C26H36N4O3S. The molecule has 0 unspecified atom stereocenters. The first kappa shape index (κ1) is 24.7. The second kappa shape index (κ2) is 10.5. The van der Waals surface area contributed by atoms with E-state index in [1.54, 1.807) is 12.1 Å². The van der Waals surface area contributed by atoms with Crippen molar-refractivity contribution in [2.75, 3.05) is 58.3 Å². The van der Waals surface area contributed by atoms with E-state index in [-0.39, 0.29) is 10.8 Å². The van der Waals surface area contributed by atoms with Gasteiger partial charge in [0.1, 0.15) is 0 Å². The number of sulfonamides is 1. The molecule has 0 aromatic heterocycles. The minimum Gasteiger partial charge on any atom is -0.371 e. The summed E-state index contributed by atoms with van der Waals surface area (Å²) in [5, 5.41) is 0. The number of hydrogen-bond donors (Lipinski definition) is 0. The molecule has 0 N–H and O–H groups in total. The second-order valence-corrected chi connectivity index (χ2v) is 11.7. The molecule has 1 amide bonds. The lowest BCUT2D eigenvalue weighted by atomic mass is 10.1. The molecule has 0 aliphatic carbocycles. The van der Waals surface area contributed by atoms with Crippen molar-refractivity contribution in [2.45, 2.75) is 37.6 Å². The summed E-state index contributed by atoms with van der Waals surface area (Å²) < 4.78 is 26.8. The van der Waals surface area contributed by atoms with Crippen molar-refractivity contribution < 1.29 is 13.2 Å². The molecule has 2 aliphatic rings. The summed E-state index contributed by atoms with van der Waals surface area (Å²) in [6.07, 6.45) is 3.36. The van der Waals surface area contributed by atoms with Crippen LogP contribution in [0.25, 0.3) is 0 Å². The van der Waals surface area contributed by atoms with Gasteiger partial charge in [-0.3, -0.25) is 9.69 Å². The molecule has 0 atom stereocenters. The molecule has 8 heteroatoms. The SMILES string of the molecule is Cc1cccc(CN2CCN(C(=O)c3cc(S(=O)(=O)N(C)C)ccc3N3CCCCC3)CC2)c1. The Kier molecular flexibility index (Phi) is 7.60. The van der Waals surface area contributed by atoms with Crippen LogP contribution in [-0.4, -0.2) is 81.8 Å². The maximum Gasteiger partial charge on any atom is 0.256 e. The lowest BCUT2D eigenvalue weighted by molar-refractivity contribution is 0.0628. The van der Waals surface area contributed by atoms with E-state index in [4.69, 9.17) is 0 Å².